The maximum atomic E-state index is 6.22. The minimum atomic E-state index is -0.775. The van der Waals surface area contributed by atoms with Crippen molar-refractivity contribution in [2.24, 2.45) is 5.90 Å². The second-order valence-corrected chi connectivity index (χ2v) is 6.78. The van der Waals surface area contributed by atoms with Gasteiger partial charge in [-0.2, -0.15) is 0 Å². The lowest BCUT2D eigenvalue weighted by molar-refractivity contribution is -0.0807. The number of rotatable bonds is 8. The van der Waals surface area contributed by atoms with Crippen molar-refractivity contribution in [3.05, 3.63) is 78.4 Å². The average molecular weight is 350 g/mol. The lowest BCUT2D eigenvalue weighted by Gasteiger charge is -2.33. The molecule has 136 valence electrons. The fraction of sp³-hybridized carbons (Fsp3) is 0.273. The number of fused-ring (bicyclic) bond motifs is 1. The van der Waals surface area contributed by atoms with Gasteiger partial charge in [0.25, 0.3) is 0 Å². The van der Waals surface area contributed by atoms with Crippen molar-refractivity contribution in [3.63, 3.8) is 0 Å². The minimum absolute atomic E-state index is 0.307. The molecule has 0 aliphatic heterocycles. The summed E-state index contributed by atoms with van der Waals surface area (Å²) in [5.41, 5.74) is 0.207. The van der Waals surface area contributed by atoms with Crippen molar-refractivity contribution >= 4 is 10.8 Å². The molecule has 3 aromatic rings. The normalized spacial score (nSPS) is 13.7. The van der Waals surface area contributed by atoms with Gasteiger partial charge in [0, 0.05) is 18.0 Å². The molecule has 4 nitrogen and oxygen atoms in total. The summed E-state index contributed by atoms with van der Waals surface area (Å²) in [5.74, 6) is 6.61. The van der Waals surface area contributed by atoms with E-state index in [4.69, 9.17) is 15.5 Å². The van der Waals surface area contributed by atoms with Gasteiger partial charge in [0.15, 0.2) is 5.60 Å². The third kappa shape index (κ3) is 4.05. The van der Waals surface area contributed by atoms with E-state index in [1.807, 2.05) is 54.6 Å². The zero-order valence-electron chi connectivity index (χ0n) is 15.3. The molecule has 0 amide bonds. The van der Waals surface area contributed by atoms with Gasteiger partial charge in [-0.05, 0) is 17.0 Å². The summed E-state index contributed by atoms with van der Waals surface area (Å²) in [6.07, 6.45) is 0. The summed E-state index contributed by atoms with van der Waals surface area (Å²) in [7, 11) is 0. The first-order chi connectivity index (χ1) is 12.6. The van der Waals surface area contributed by atoms with Crippen molar-refractivity contribution in [3.8, 4) is 5.75 Å². The molecule has 3 rings (SSSR count). The fourth-order valence-electron chi connectivity index (χ4n) is 3.01. The SMILES string of the molecule is CC(C)NCC(COc1cccc2ccccc12)(ON)c1ccccc1. The molecule has 26 heavy (non-hydrogen) atoms. The van der Waals surface area contributed by atoms with E-state index in [0.717, 1.165) is 22.1 Å². The van der Waals surface area contributed by atoms with Crippen molar-refractivity contribution in [1.82, 2.24) is 5.32 Å². The van der Waals surface area contributed by atoms with Crippen molar-refractivity contribution in [2.75, 3.05) is 13.2 Å². The zero-order valence-corrected chi connectivity index (χ0v) is 15.3. The van der Waals surface area contributed by atoms with E-state index in [9.17, 15) is 0 Å². The lowest BCUT2D eigenvalue weighted by Crippen LogP contribution is -2.48. The monoisotopic (exact) mass is 350 g/mol. The van der Waals surface area contributed by atoms with E-state index >= 15 is 0 Å². The second kappa shape index (κ2) is 8.32. The predicted octanol–water partition coefficient (Wildman–Crippen LogP) is 4.00. The zero-order chi connectivity index (χ0) is 18.4. The first kappa shape index (κ1) is 18.4. The molecule has 0 saturated carbocycles. The molecule has 0 saturated heterocycles. The van der Waals surface area contributed by atoms with Crippen molar-refractivity contribution in [1.29, 1.82) is 0 Å². The van der Waals surface area contributed by atoms with E-state index < -0.39 is 5.60 Å². The van der Waals surface area contributed by atoms with E-state index in [0.29, 0.717) is 19.2 Å². The van der Waals surface area contributed by atoms with Gasteiger partial charge in [0.05, 0.1) is 0 Å². The van der Waals surface area contributed by atoms with E-state index in [2.05, 4.69) is 37.4 Å². The highest BCUT2D eigenvalue weighted by molar-refractivity contribution is 5.88. The molecule has 0 heterocycles. The van der Waals surface area contributed by atoms with Crippen molar-refractivity contribution < 1.29 is 9.57 Å². The van der Waals surface area contributed by atoms with Crippen LogP contribution in [0.25, 0.3) is 10.8 Å². The standard InChI is InChI=1S/C22H26N2O2/c1-17(2)24-15-22(26-23,19-11-4-3-5-12-19)16-25-21-14-8-10-18-9-6-7-13-20(18)21/h3-14,17,24H,15-16,23H2,1-2H3. The van der Waals surface area contributed by atoms with E-state index in [1.165, 1.54) is 0 Å². The molecule has 0 fully saturated rings. The summed E-state index contributed by atoms with van der Waals surface area (Å²) in [4.78, 5) is 5.52. The smallest absolute Gasteiger partial charge is 0.160 e. The predicted molar refractivity (Wildman–Crippen MR) is 106 cm³/mol. The van der Waals surface area contributed by atoms with Crippen molar-refractivity contribution in [2.45, 2.75) is 25.5 Å². The van der Waals surface area contributed by atoms with Gasteiger partial charge in [0.1, 0.15) is 12.4 Å². The molecule has 1 unspecified atom stereocenters. The van der Waals surface area contributed by atoms with Crippen LogP contribution in [0, 0.1) is 0 Å². The Labute approximate surface area is 154 Å². The fourth-order valence-corrected chi connectivity index (χ4v) is 3.01. The average Bonchev–Trinajstić information content (AvgIpc) is 2.69. The summed E-state index contributed by atoms with van der Waals surface area (Å²) in [6.45, 7) is 5.05. The highest BCUT2D eigenvalue weighted by Gasteiger charge is 2.34. The molecule has 1 atom stereocenters. The third-order valence-electron chi connectivity index (χ3n) is 4.53. The molecule has 3 aromatic carbocycles. The summed E-state index contributed by atoms with van der Waals surface area (Å²) in [6, 6.07) is 24.5. The number of benzene rings is 3. The van der Waals surface area contributed by atoms with Gasteiger partial charge in [-0.3, -0.25) is 4.84 Å². The summed E-state index contributed by atoms with van der Waals surface area (Å²) >= 11 is 0. The van der Waals surface area contributed by atoms with Gasteiger partial charge < -0.3 is 10.1 Å². The maximum absolute atomic E-state index is 6.22. The van der Waals surface area contributed by atoms with E-state index in [1.54, 1.807) is 0 Å². The molecule has 0 aromatic heterocycles. The number of hydrogen-bond donors (Lipinski definition) is 2. The van der Waals surface area contributed by atoms with Gasteiger partial charge in [-0.15, -0.1) is 0 Å². The molecule has 3 N–H and O–H groups in total. The first-order valence-electron chi connectivity index (χ1n) is 8.92. The maximum Gasteiger partial charge on any atom is 0.160 e. The number of hydrogen-bond acceptors (Lipinski definition) is 4. The van der Waals surface area contributed by atoms with Gasteiger partial charge in [-0.1, -0.05) is 80.6 Å². The van der Waals surface area contributed by atoms with Crippen LogP contribution in [-0.2, 0) is 10.4 Å². The highest BCUT2D eigenvalue weighted by atomic mass is 16.6. The quantitative estimate of drug-likeness (QED) is 0.603. The Hall–Kier alpha value is -2.40. The Bertz CT molecular complexity index is 830. The summed E-state index contributed by atoms with van der Waals surface area (Å²) in [5, 5.41) is 5.64. The number of nitrogens with two attached hydrogens (primary N) is 1. The highest BCUT2D eigenvalue weighted by Crippen LogP contribution is 2.29. The molecule has 0 aliphatic carbocycles. The van der Waals surface area contributed by atoms with Crippen LogP contribution in [0.3, 0.4) is 0 Å². The van der Waals surface area contributed by atoms with Crippen LogP contribution in [0.1, 0.15) is 19.4 Å². The Kier molecular flexibility index (Phi) is 5.89. The number of nitrogens with one attached hydrogen (secondary N) is 1. The molecule has 4 heteroatoms. The molecular formula is C22H26N2O2. The lowest BCUT2D eigenvalue weighted by atomic mass is 9.94. The molecular weight excluding hydrogens is 324 g/mol. The first-order valence-corrected chi connectivity index (χ1v) is 8.92. The molecule has 0 spiro atoms. The van der Waals surface area contributed by atoms with Crippen LogP contribution < -0.4 is 16.0 Å². The van der Waals surface area contributed by atoms with Crippen LogP contribution in [-0.4, -0.2) is 19.2 Å². The van der Waals surface area contributed by atoms with Crippen LogP contribution in [0.5, 0.6) is 5.75 Å². The van der Waals surface area contributed by atoms with Crippen LogP contribution >= 0.6 is 0 Å². The molecule has 0 radical (unpaired) electrons. The van der Waals surface area contributed by atoms with Gasteiger partial charge in [0.2, 0.25) is 0 Å². The van der Waals surface area contributed by atoms with Gasteiger partial charge in [-0.25, -0.2) is 5.90 Å². The second-order valence-electron chi connectivity index (χ2n) is 6.78. The van der Waals surface area contributed by atoms with Crippen LogP contribution in [0.15, 0.2) is 72.8 Å². The van der Waals surface area contributed by atoms with Crippen LogP contribution in [0.2, 0.25) is 0 Å². The Morgan fingerprint density at radius 1 is 0.923 bits per heavy atom. The van der Waals surface area contributed by atoms with Crippen LogP contribution in [0.4, 0.5) is 0 Å². The number of ether oxygens (including phenoxy) is 1. The van der Waals surface area contributed by atoms with E-state index in [-0.39, 0.29) is 0 Å². The third-order valence-corrected chi connectivity index (χ3v) is 4.53. The minimum Gasteiger partial charge on any atom is -0.489 e. The topological polar surface area (TPSA) is 56.5 Å². The summed E-state index contributed by atoms with van der Waals surface area (Å²) < 4.78 is 6.22. The largest absolute Gasteiger partial charge is 0.489 e. The Morgan fingerprint density at radius 2 is 1.62 bits per heavy atom. The van der Waals surface area contributed by atoms with Gasteiger partial charge >= 0.3 is 0 Å². The molecule has 0 aliphatic rings. The Balaban J connectivity index is 1.90. The molecule has 0 bridgehead atoms. The Morgan fingerprint density at radius 3 is 2.35 bits per heavy atom.